The molecule has 2 atom stereocenters. The average molecular weight is 399 g/mol. The van der Waals surface area contributed by atoms with Crippen LogP contribution in [0.2, 0.25) is 0 Å². The largest absolute Gasteiger partial charge is 0.522 e. The van der Waals surface area contributed by atoms with Crippen LogP contribution in [0.25, 0.3) is 0 Å². The number of carbonyl (C=O) groups is 1. The van der Waals surface area contributed by atoms with Crippen LogP contribution < -0.4 is 16.8 Å². The summed E-state index contributed by atoms with van der Waals surface area (Å²) in [5, 5.41) is 2.93. The topological polar surface area (TPSA) is 136 Å². The van der Waals surface area contributed by atoms with E-state index in [1.807, 2.05) is 25.1 Å². The minimum atomic E-state index is -5.84. The SMILES string of the molecule is CC(Cc1ccccc1)NC(=O)C(N)CCCN.O=S(=O)(O)C(F)(F)F. The molecule has 0 heterocycles. The van der Waals surface area contributed by atoms with Gasteiger partial charge in [-0.1, -0.05) is 30.3 Å². The summed E-state index contributed by atoms with van der Waals surface area (Å²) < 4.78 is 57.5. The van der Waals surface area contributed by atoms with Crippen molar-refractivity contribution in [1.82, 2.24) is 5.32 Å². The van der Waals surface area contributed by atoms with Crippen LogP contribution in [0.15, 0.2) is 30.3 Å². The fourth-order valence-corrected chi connectivity index (χ4v) is 1.84. The van der Waals surface area contributed by atoms with Gasteiger partial charge in [0.25, 0.3) is 0 Å². The first-order valence-electron chi connectivity index (χ1n) is 7.72. The number of amides is 1. The lowest BCUT2D eigenvalue weighted by molar-refractivity contribution is -0.123. The maximum Gasteiger partial charge on any atom is 0.522 e. The molecule has 0 fully saturated rings. The van der Waals surface area contributed by atoms with Gasteiger partial charge in [-0.05, 0) is 38.3 Å². The van der Waals surface area contributed by atoms with Crippen molar-refractivity contribution in [1.29, 1.82) is 0 Å². The van der Waals surface area contributed by atoms with Crippen molar-refractivity contribution in [3.05, 3.63) is 35.9 Å². The van der Waals surface area contributed by atoms with Gasteiger partial charge < -0.3 is 16.8 Å². The van der Waals surface area contributed by atoms with Crippen LogP contribution in [0.5, 0.6) is 0 Å². The molecule has 150 valence electrons. The Kier molecular flexibility index (Phi) is 10.4. The Morgan fingerprint density at radius 1 is 1.27 bits per heavy atom. The molecule has 1 aromatic carbocycles. The summed E-state index contributed by atoms with van der Waals surface area (Å²) in [6, 6.07) is 9.72. The number of hydrogen-bond acceptors (Lipinski definition) is 5. The van der Waals surface area contributed by atoms with Crippen molar-refractivity contribution < 1.29 is 30.9 Å². The minimum Gasteiger partial charge on any atom is -0.352 e. The van der Waals surface area contributed by atoms with Crippen molar-refractivity contribution in [3.8, 4) is 0 Å². The van der Waals surface area contributed by atoms with Crippen LogP contribution >= 0.6 is 0 Å². The number of nitrogens with one attached hydrogen (secondary N) is 1. The normalized spacial score (nSPS) is 14.0. The van der Waals surface area contributed by atoms with Gasteiger partial charge in [0, 0.05) is 6.04 Å². The fourth-order valence-electron chi connectivity index (χ4n) is 1.84. The first kappa shape index (κ1) is 24.3. The maximum atomic E-state index is 11.8. The summed E-state index contributed by atoms with van der Waals surface area (Å²) in [6.45, 7) is 2.56. The van der Waals surface area contributed by atoms with E-state index < -0.39 is 21.7 Å². The number of carbonyl (C=O) groups excluding carboxylic acids is 1. The third kappa shape index (κ3) is 10.3. The highest BCUT2D eigenvalue weighted by Crippen LogP contribution is 2.20. The Labute approximate surface area is 150 Å². The van der Waals surface area contributed by atoms with E-state index in [4.69, 9.17) is 24.4 Å². The Hall–Kier alpha value is -1.69. The number of halogens is 3. The Balaban J connectivity index is 0.000000660. The molecule has 0 spiro atoms. The van der Waals surface area contributed by atoms with Gasteiger partial charge in [-0.3, -0.25) is 9.35 Å². The molecule has 0 bridgehead atoms. The molecule has 1 aromatic rings. The minimum absolute atomic E-state index is 0.0869. The quantitative estimate of drug-likeness (QED) is 0.402. The number of nitrogens with two attached hydrogens (primary N) is 2. The van der Waals surface area contributed by atoms with E-state index in [1.165, 1.54) is 5.56 Å². The van der Waals surface area contributed by atoms with Gasteiger partial charge in [-0.2, -0.15) is 21.6 Å². The highest BCUT2D eigenvalue weighted by atomic mass is 32.2. The summed E-state index contributed by atoms with van der Waals surface area (Å²) in [5.41, 5.74) is 6.84. The molecular formula is C15H24F3N3O4S. The van der Waals surface area contributed by atoms with Crippen molar-refractivity contribution >= 4 is 16.0 Å². The lowest BCUT2D eigenvalue weighted by Crippen LogP contribution is -2.45. The van der Waals surface area contributed by atoms with E-state index >= 15 is 0 Å². The van der Waals surface area contributed by atoms with Crippen LogP contribution in [0.3, 0.4) is 0 Å². The van der Waals surface area contributed by atoms with Crippen molar-refractivity contribution in [2.45, 2.75) is 43.8 Å². The summed E-state index contributed by atoms with van der Waals surface area (Å²) >= 11 is 0. The lowest BCUT2D eigenvalue weighted by atomic mass is 10.1. The molecule has 2 unspecified atom stereocenters. The second kappa shape index (κ2) is 11.1. The molecule has 0 saturated carbocycles. The Bertz CT molecular complexity index is 639. The first-order chi connectivity index (χ1) is 11.9. The van der Waals surface area contributed by atoms with Gasteiger partial charge in [0.15, 0.2) is 0 Å². The maximum absolute atomic E-state index is 11.8. The number of benzene rings is 1. The van der Waals surface area contributed by atoms with Gasteiger partial charge in [-0.25, -0.2) is 0 Å². The Morgan fingerprint density at radius 3 is 2.19 bits per heavy atom. The molecule has 11 heteroatoms. The van der Waals surface area contributed by atoms with Gasteiger partial charge in [0.1, 0.15) is 0 Å². The molecule has 26 heavy (non-hydrogen) atoms. The molecule has 0 saturated heterocycles. The van der Waals surface area contributed by atoms with Crippen molar-refractivity contribution in [2.75, 3.05) is 6.54 Å². The molecule has 0 radical (unpaired) electrons. The monoisotopic (exact) mass is 399 g/mol. The molecule has 1 amide bonds. The lowest BCUT2D eigenvalue weighted by Gasteiger charge is -2.17. The van der Waals surface area contributed by atoms with E-state index in [-0.39, 0.29) is 11.9 Å². The molecule has 0 aliphatic heterocycles. The zero-order chi connectivity index (χ0) is 20.4. The zero-order valence-electron chi connectivity index (χ0n) is 14.2. The molecule has 6 N–H and O–H groups in total. The average Bonchev–Trinajstić information content (AvgIpc) is 2.52. The zero-order valence-corrected chi connectivity index (χ0v) is 15.1. The summed E-state index contributed by atoms with van der Waals surface area (Å²) in [5.74, 6) is -0.0909. The van der Waals surface area contributed by atoms with Gasteiger partial charge in [0.2, 0.25) is 5.91 Å². The van der Waals surface area contributed by atoms with Crippen LogP contribution in [-0.4, -0.2) is 43.0 Å². The van der Waals surface area contributed by atoms with E-state index in [0.29, 0.717) is 13.0 Å². The van der Waals surface area contributed by atoms with Crippen LogP contribution in [0.1, 0.15) is 25.3 Å². The van der Waals surface area contributed by atoms with Crippen LogP contribution in [0, 0.1) is 0 Å². The number of hydrogen-bond donors (Lipinski definition) is 4. The van der Waals surface area contributed by atoms with Crippen LogP contribution in [-0.2, 0) is 21.3 Å². The second-order valence-electron chi connectivity index (χ2n) is 5.56. The second-order valence-corrected chi connectivity index (χ2v) is 6.97. The summed E-state index contributed by atoms with van der Waals surface area (Å²) in [7, 11) is -5.84. The fraction of sp³-hybridized carbons (Fsp3) is 0.533. The molecule has 0 aliphatic carbocycles. The van der Waals surface area contributed by atoms with Crippen LogP contribution in [0.4, 0.5) is 13.2 Å². The van der Waals surface area contributed by atoms with Crippen molar-refractivity contribution in [3.63, 3.8) is 0 Å². The predicted molar refractivity (Wildman–Crippen MR) is 91.6 cm³/mol. The summed E-state index contributed by atoms with van der Waals surface area (Å²) in [6.07, 6.45) is 2.23. The predicted octanol–water partition coefficient (Wildman–Crippen LogP) is 1.19. The number of rotatable bonds is 7. The molecular weight excluding hydrogens is 375 g/mol. The number of alkyl halides is 3. The smallest absolute Gasteiger partial charge is 0.352 e. The van der Waals surface area contributed by atoms with Crippen molar-refractivity contribution in [2.24, 2.45) is 11.5 Å². The molecule has 0 aliphatic rings. The Morgan fingerprint density at radius 2 is 1.77 bits per heavy atom. The standard InChI is InChI=1S/C14H23N3O.CHF3O3S/c1-11(10-12-6-3-2-4-7-12)17-14(18)13(16)8-5-9-15;2-1(3,4)8(5,6)7/h2-4,6-7,11,13H,5,8-10,15-16H2,1H3,(H,17,18);(H,5,6,7). The third-order valence-corrected chi connectivity index (χ3v) is 3.71. The van der Waals surface area contributed by atoms with Gasteiger partial charge >= 0.3 is 15.6 Å². The van der Waals surface area contributed by atoms with E-state index in [9.17, 15) is 18.0 Å². The van der Waals surface area contributed by atoms with E-state index in [1.54, 1.807) is 0 Å². The van der Waals surface area contributed by atoms with Gasteiger partial charge in [0.05, 0.1) is 6.04 Å². The highest BCUT2D eigenvalue weighted by molar-refractivity contribution is 7.86. The summed E-state index contributed by atoms with van der Waals surface area (Å²) in [4.78, 5) is 11.8. The van der Waals surface area contributed by atoms with Gasteiger partial charge in [-0.15, -0.1) is 0 Å². The van der Waals surface area contributed by atoms with E-state index in [0.717, 1.165) is 12.8 Å². The third-order valence-electron chi connectivity index (χ3n) is 3.12. The molecule has 0 aromatic heterocycles. The molecule has 1 rings (SSSR count). The highest BCUT2D eigenvalue weighted by Gasteiger charge is 2.44. The first-order valence-corrected chi connectivity index (χ1v) is 9.16. The van der Waals surface area contributed by atoms with E-state index in [2.05, 4.69) is 17.4 Å². The molecule has 7 nitrogen and oxygen atoms in total.